The zero-order valence-corrected chi connectivity index (χ0v) is 19.5. The molecule has 2 amide bonds. The summed E-state index contributed by atoms with van der Waals surface area (Å²) in [5.41, 5.74) is 0.656. The van der Waals surface area contributed by atoms with Crippen LogP contribution in [0.25, 0.3) is 6.08 Å². The Hall–Kier alpha value is -3.86. The summed E-state index contributed by atoms with van der Waals surface area (Å²) < 4.78 is 15.8. The first-order valence-corrected chi connectivity index (χ1v) is 11.0. The summed E-state index contributed by atoms with van der Waals surface area (Å²) in [5.74, 6) is -0.438. The summed E-state index contributed by atoms with van der Waals surface area (Å²) in [7, 11) is 1.43. The molecule has 0 aliphatic carbocycles. The number of nitro benzene ring substituents is 1. The first-order valence-electron chi connectivity index (χ1n) is 10.2. The van der Waals surface area contributed by atoms with E-state index in [4.69, 9.17) is 14.2 Å². The minimum absolute atomic E-state index is 0.164. The molecular formula is C23H22N2O8S. The van der Waals surface area contributed by atoms with E-state index >= 15 is 0 Å². The number of carbonyl (C=O) groups is 3. The Morgan fingerprint density at radius 3 is 2.59 bits per heavy atom. The van der Waals surface area contributed by atoms with E-state index in [-0.39, 0.29) is 35.4 Å². The number of esters is 1. The van der Waals surface area contributed by atoms with Crippen LogP contribution in [0.5, 0.6) is 11.5 Å². The molecule has 3 rings (SSSR count). The van der Waals surface area contributed by atoms with E-state index in [1.807, 2.05) is 0 Å². The van der Waals surface area contributed by atoms with Crippen LogP contribution in [-0.4, -0.2) is 46.8 Å². The van der Waals surface area contributed by atoms with E-state index in [0.29, 0.717) is 17.1 Å². The van der Waals surface area contributed by atoms with Crippen molar-refractivity contribution in [1.29, 1.82) is 0 Å². The van der Waals surface area contributed by atoms with Gasteiger partial charge in [-0.05, 0) is 49.4 Å². The molecule has 0 atom stereocenters. The Morgan fingerprint density at radius 1 is 1.18 bits per heavy atom. The average Bonchev–Trinajstić information content (AvgIpc) is 3.05. The lowest BCUT2D eigenvalue weighted by molar-refractivity contribution is -0.385. The molecule has 2 aromatic carbocycles. The van der Waals surface area contributed by atoms with Crippen LogP contribution in [0.1, 0.15) is 25.0 Å². The van der Waals surface area contributed by atoms with Gasteiger partial charge in [-0.15, -0.1) is 0 Å². The summed E-state index contributed by atoms with van der Waals surface area (Å²) in [4.78, 5) is 48.8. The first kappa shape index (κ1) is 24.8. The van der Waals surface area contributed by atoms with Gasteiger partial charge in [0.25, 0.3) is 16.8 Å². The summed E-state index contributed by atoms with van der Waals surface area (Å²) in [6.45, 7) is 2.96. The molecule has 0 aromatic heterocycles. The van der Waals surface area contributed by atoms with Crippen LogP contribution in [0.2, 0.25) is 0 Å². The van der Waals surface area contributed by atoms with Crippen LogP contribution < -0.4 is 9.47 Å². The van der Waals surface area contributed by atoms with Gasteiger partial charge in [-0.2, -0.15) is 0 Å². The molecule has 0 spiro atoms. The SMILES string of the molecule is COc1cc(/C=C2\SC(=O)N(Cc3ccccc3[N+](=O)[O-])C2=O)ccc1OCC(=O)OC(C)C. The van der Waals surface area contributed by atoms with Gasteiger partial charge in [0.1, 0.15) is 0 Å². The number of amides is 2. The number of carbonyl (C=O) groups excluding carboxylic acids is 3. The maximum absolute atomic E-state index is 12.8. The van der Waals surface area contributed by atoms with E-state index in [0.717, 1.165) is 16.7 Å². The van der Waals surface area contributed by atoms with Gasteiger partial charge in [0.15, 0.2) is 18.1 Å². The van der Waals surface area contributed by atoms with Crippen molar-refractivity contribution in [3.63, 3.8) is 0 Å². The van der Waals surface area contributed by atoms with Crippen molar-refractivity contribution in [2.45, 2.75) is 26.5 Å². The molecule has 11 heteroatoms. The number of nitro groups is 1. The van der Waals surface area contributed by atoms with Crippen LogP contribution in [0.3, 0.4) is 0 Å². The molecule has 34 heavy (non-hydrogen) atoms. The van der Waals surface area contributed by atoms with Gasteiger partial charge < -0.3 is 14.2 Å². The molecule has 178 valence electrons. The molecule has 1 heterocycles. The predicted octanol–water partition coefficient (Wildman–Crippen LogP) is 4.17. The fourth-order valence-corrected chi connectivity index (χ4v) is 3.95. The lowest BCUT2D eigenvalue weighted by atomic mass is 10.1. The van der Waals surface area contributed by atoms with Crippen LogP contribution in [0.15, 0.2) is 47.4 Å². The van der Waals surface area contributed by atoms with Crippen molar-refractivity contribution in [2.75, 3.05) is 13.7 Å². The number of benzene rings is 2. The highest BCUT2D eigenvalue weighted by Crippen LogP contribution is 2.36. The Bertz CT molecular complexity index is 1160. The monoisotopic (exact) mass is 486 g/mol. The van der Waals surface area contributed by atoms with Gasteiger partial charge in [-0.1, -0.05) is 24.3 Å². The number of thioether (sulfide) groups is 1. The third-order valence-electron chi connectivity index (χ3n) is 4.59. The normalized spacial score (nSPS) is 14.6. The van der Waals surface area contributed by atoms with Gasteiger partial charge in [-0.25, -0.2) is 4.79 Å². The zero-order chi connectivity index (χ0) is 24.8. The van der Waals surface area contributed by atoms with Crippen LogP contribution in [0, 0.1) is 10.1 Å². The Kier molecular flexibility index (Phi) is 7.90. The highest BCUT2D eigenvalue weighted by molar-refractivity contribution is 8.18. The molecule has 1 aliphatic rings. The minimum Gasteiger partial charge on any atom is -0.493 e. The van der Waals surface area contributed by atoms with Gasteiger partial charge in [0.05, 0.1) is 29.6 Å². The van der Waals surface area contributed by atoms with Crippen molar-refractivity contribution in [1.82, 2.24) is 4.90 Å². The quantitative estimate of drug-likeness (QED) is 0.222. The van der Waals surface area contributed by atoms with Gasteiger partial charge in [0, 0.05) is 11.6 Å². The molecule has 1 aliphatic heterocycles. The lowest BCUT2D eigenvalue weighted by Gasteiger charge is -2.13. The number of ether oxygens (including phenoxy) is 3. The summed E-state index contributed by atoms with van der Waals surface area (Å²) in [5, 5.41) is 10.7. The number of rotatable bonds is 9. The smallest absolute Gasteiger partial charge is 0.344 e. The highest BCUT2D eigenvalue weighted by atomic mass is 32.2. The van der Waals surface area contributed by atoms with E-state index in [1.165, 1.54) is 31.4 Å². The number of hydrogen-bond acceptors (Lipinski definition) is 9. The molecule has 0 saturated carbocycles. The highest BCUT2D eigenvalue weighted by Gasteiger charge is 2.36. The Labute approximate surface area is 199 Å². The first-order chi connectivity index (χ1) is 16.2. The molecule has 0 N–H and O–H groups in total. The van der Waals surface area contributed by atoms with E-state index < -0.39 is 22.0 Å². The average molecular weight is 487 g/mol. The summed E-state index contributed by atoms with van der Waals surface area (Å²) >= 11 is 0.743. The fourth-order valence-electron chi connectivity index (χ4n) is 3.11. The van der Waals surface area contributed by atoms with Crippen molar-refractivity contribution < 1.29 is 33.5 Å². The number of nitrogens with zero attached hydrogens (tertiary/aromatic N) is 2. The van der Waals surface area contributed by atoms with E-state index in [2.05, 4.69) is 0 Å². The lowest BCUT2D eigenvalue weighted by Crippen LogP contribution is -2.27. The number of imide groups is 1. The molecule has 0 bridgehead atoms. The largest absolute Gasteiger partial charge is 0.493 e. The van der Waals surface area contributed by atoms with Crippen LogP contribution >= 0.6 is 11.8 Å². The molecule has 1 saturated heterocycles. The molecule has 0 unspecified atom stereocenters. The topological polar surface area (TPSA) is 125 Å². The molecule has 1 fully saturated rings. The van der Waals surface area contributed by atoms with Gasteiger partial charge in [0.2, 0.25) is 0 Å². The maximum atomic E-state index is 12.8. The second-order valence-corrected chi connectivity index (χ2v) is 8.38. The second-order valence-electron chi connectivity index (χ2n) is 7.39. The van der Waals surface area contributed by atoms with Gasteiger partial charge >= 0.3 is 5.97 Å². The van der Waals surface area contributed by atoms with Gasteiger partial charge in [-0.3, -0.25) is 24.6 Å². The van der Waals surface area contributed by atoms with Crippen molar-refractivity contribution in [3.8, 4) is 11.5 Å². The Balaban J connectivity index is 1.76. The number of hydrogen-bond donors (Lipinski definition) is 0. The van der Waals surface area contributed by atoms with Crippen molar-refractivity contribution in [2.24, 2.45) is 0 Å². The molecule has 0 radical (unpaired) electrons. The van der Waals surface area contributed by atoms with Crippen molar-refractivity contribution >= 4 is 40.6 Å². The van der Waals surface area contributed by atoms with Crippen molar-refractivity contribution in [3.05, 3.63) is 68.6 Å². The predicted molar refractivity (Wildman–Crippen MR) is 124 cm³/mol. The third kappa shape index (κ3) is 5.93. The standard InChI is InChI=1S/C23H22N2O8S/c1-14(2)33-21(26)13-32-18-9-8-15(10-19(18)31-3)11-20-22(27)24(23(28)34-20)12-16-6-4-5-7-17(16)25(29)30/h4-11,14H,12-13H2,1-3H3/b20-11-. The number of methoxy groups -OCH3 is 1. The number of para-hydroxylation sites is 1. The zero-order valence-electron chi connectivity index (χ0n) is 18.7. The van der Waals surface area contributed by atoms with E-state index in [9.17, 15) is 24.5 Å². The molecular weight excluding hydrogens is 464 g/mol. The molecule has 10 nitrogen and oxygen atoms in total. The van der Waals surface area contributed by atoms with Crippen LogP contribution in [0.4, 0.5) is 10.5 Å². The molecule has 2 aromatic rings. The van der Waals surface area contributed by atoms with E-state index in [1.54, 1.807) is 38.1 Å². The second kappa shape index (κ2) is 10.8. The summed E-state index contributed by atoms with van der Waals surface area (Å²) in [6.07, 6.45) is 1.26. The fraction of sp³-hybridized carbons (Fsp3) is 0.261. The summed E-state index contributed by atoms with van der Waals surface area (Å²) in [6, 6.07) is 10.8. The third-order valence-corrected chi connectivity index (χ3v) is 5.50. The minimum atomic E-state index is -0.553. The Morgan fingerprint density at radius 2 is 1.91 bits per heavy atom. The van der Waals surface area contributed by atoms with Crippen LogP contribution in [-0.2, 0) is 20.9 Å². The maximum Gasteiger partial charge on any atom is 0.344 e.